The first-order valence-electron chi connectivity index (χ1n) is 11.0. The SMILES string of the molecule is COc1cc(-c2ccc3ncn([C@@H](c4ccccc4)C4CCOCC4)c3c2)cn(C)c1=O. The topological polar surface area (TPSA) is 58.3 Å². The molecule has 1 saturated heterocycles. The van der Waals surface area contributed by atoms with E-state index in [2.05, 4.69) is 41.0 Å². The molecule has 0 amide bonds. The minimum atomic E-state index is -0.147. The van der Waals surface area contributed by atoms with Crippen LogP contribution in [0.25, 0.3) is 22.2 Å². The molecule has 1 atom stereocenters. The van der Waals surface area contributed by atoms with Gasteiger partial charge in [-0.15, -0.1) is 0 Å². The van der Waals surface area contributed by atoms with E-state index in [0.717, 1.165) is 48.2 Å². The minimum absolute atomic E-state index is 0.147. The summed E-state index contributed by atoms with van der Waals surface area (Å²) in [6, 6.07) is 18.9. The number of rotatable bonds is 5. The molecule has 2 aromatic carbocycles. The lowest BCUT2D eigenvalue weighted by molar-refractivity contribution is 0.0547. The molecule has 6 nitrogen and oxygen atoms in total. The van der Waals surface area contributed by atoms with Crippen molar-refractivity contribution in [1.82, 2.24) is 14.1 Å². The van der Waals surface area contributed by atoms with Gasteiger partial charge in [0.15, 0.2) is 5.75 Å². The average Bonchev–Trinajstić information content (AvgIpc) is 3.25. The van der Waals surface area contributed by atoms with Crippen LogP contribution in [0.1, 0.15) is 24.4 Å². The molecule has 4 aromatic rings. The van der Waals surface area contributed by atoms with Crippen molar-refractivity contribution in [3.63, 3.8) is 0 Å². The molecule has 0 radical (unpaired) electrons. The molecular formula is C26H27N3O3. The maximum atomic E-state index is 12.2. The van der Waals surface area contributed by atoms with E-state index in [9.17, 15) is 4.79 Å². The molecular weight excluding hydrogens is 402 g/mol. The molecule has 0 spiro atoms. The summed E-state index contributed by atoms with van der Waals surface area (Å²) in [6.45, 7) is 1.59. The Bertz CT molecular complexity index is 1290. The maximum absolute atomic E-state index is 12.2. The molecule has 1 fully saturated rings. The molecule has 0 saturated carbocycles. The summed E-state index contributed by atoms with van der Waals surface area (Å²) >= 11 is 0. The highest BCUT2D eigenvalue weighted by Crippen LogP contribution is 2.36. The van der Waals surface area contributed by atoms with E-state index in [4.69, 9.17) is 14.5 Å². The third-order valence-electron chi connectivity index (χ3n) is 6.43. The van der Waals surface area contributed by atoms with Crippen LogP contribution in [0.5, 0.6) is 5.75 Å². The molecule has 2 aromatic heterocycles. The van der Waals surface area contributed by atoms with Crippen LogP contribution in [-0.2, 0) is 11.8 Å². The number of methoxy groups -OCH3 is 1. The minimum Gasteiger partial charge on any atom is -0.491 e. The first-order valence-corrected chi connectivity index (χ1v) is 11.0. The second-order valence-corrected chi connectivity index (χ2v) is 8.37. The second-order valence-electron chi connectivity index (χ2n) is 8.37. The van der Waals surface area contributed by atoms with Crippen LogP contribution in [0.3, 0.4) is 0 Å². The predicted octanol–water partition coefficient (Wildman–Crippen LogP) is 4.43. The normalized spacial score (nSPS) is 15.7. The molecule has 0 aliphatic carbocycles. The van der Waals surface area contributed by atoms with Crippen molar-refractivity contribution < 1.29 is 9.47 Å². The number of imidazole rings is 1. The van der Waals surface area contributed by atoms with Gasteiger partial charge in [-0.2, -0.15) is 0 Å². The summed E-state index contributed by atoms with van der Waals surface area (Å²) in [5, 5.41) is 0. The second kappa shape index (κ2) is 8.63. The van der Waals surface area contributed by atoms with E-state index >= 15 is 0 Å². The van der Waals surface area contributed by atoms with Gasteiger partial charge >= 0.3 is 0 Å². The Morgan fingerprint density at radius 1 is 1.06 bits per heavy atom. The predicted molar refractivity (Wildman–Crippen MR) is 125 cm³/mol. The van der Waals surface area contributed by atoms with Gasteiger partial charge in [-0.1, -0.05) is 36.4 Å². The van der Waals surface area contributed by atoms with E-state index in [1.807, 2.05) is 24.7 Å². The summed E-state index contributed by atoms with van der Waals surface area (Å²) in [6.07, 6.45) is 5.86. The fourth-order valence-corrected chi connectivity index (χ4v) is 4.75. The average molecular weight is 430 g/mol. The summed E-state index contributed by atoms with van der Waals surface area (Å²) in [5.41, 5.74) is 5.13. The third kappa shape index (κ3) is 3.71. The number of nitrogens with zero attached hydrogens (tertiary/aromatic N) is 3. The zero-order valence-electron chi connectivity index (χ0n) is 18.4. The highest BCUT2D eigenvalue weighted by Gasteiger charge is 2.28. The van der Waals surface area contributed by atoms with Crippen molar-refractivity contribution in [2.24, 2.45) is 13.0 Å². The van der Waals surface area contributed by atoms with Gasteiger partial charge in [0.1, 0.15) is 0 Å². The number of fused-ring (bicyclic) bond motifs is 1. The van der Waals surface area contributed by atoms with Gasteiger partial charge in [-0.05, 0) is 48.1 Å². The number of hydrogen-bond donors (Lipinski definition) is 0. The molecule has 1 aliphatic heterocycles. The smallest absolute Gasteiger partial charge is 0.292 e. The lowest BCUT2D eigenvalue weighted by atomic mass is 9.86. The summed E-state index contributed by atoms with van der Waals surface area (Å²) in [7, 11) is 3.27. The van der Waals surface area contributed by atoms with E-state index in [1.165, 1.54) is 12.7 Å². The molecule has 164 valence electrons. The number of aromatic nitrogens is 3. The monoisotopic (exact) mass is 429 g/mol. The van der Waals surface area contributed by atoms with Gasteiger partial charge in [-0.25, -0.2) is 4.98 Å². The van der Waals surface area contributed by atoms with Crippen LogP contribution >= 0.6 is 0 Å². The first-order chi connectivity index (χ1) is 15.7. The van der Waals surface area contributed by atoms with Crippen LogP contribution in [0, 0.1) is 5.92 Å². The Balaban J connectivity index is 1.64. The zero-order chi connectivity index (χ0) is 22.1. The van der Waals surface area contributed by atoms with Gasteiger partial charge in [0.05, 0.1) is 30.5 Å². The number of aryl methyl sites for hydroxylation is 1. The van der Waals surface area contributed by atoms with Gasteiger partial charge in [0, 0.05) is 32.0 Å². The third-order valence-corrected chi connectivity index (χ3v) is 6.43. The molecule has 0 unspecified atom stereocenters. The molecule has 1 aliphatic rings. The van der Waals surface area contributed by atoms with Crippen molar-refractivity contribution in [2.75, 3.05) is 20.3 Å². The van der Waals surface area contributed by atoms with Crippen molar-refractivity contribution in [1.29, 1.82) is 0 Å². The molecule has 5 rings (SSSR count). The molecule has 6 heteroatoms. The van der Waals surface area contributed by atoms with Crippen molar-refractivity contribution in [3.05, 3.63) is 83.0 Å². The van der Waals surface area contributed by atoms with Crippen molar-refractivity contribution >= 4 is 11.0 Å². The Kier molecular flexibility index (Phi) is 5.53. The summed E-state index contributed by atoms with van der Waals surface area (Å²) < 4.78 is 14.8. The first kappa shape index (κ1) is 20.5. The summed E-state index contributed by atoms with van der Waals surface area (Å²) in [4.78, 5) is 17.0. The molecule has 0 N–H and O–H groups in total. The fourth-order valence-electron chi connectivity index (χ4n) is 4.75. The zero-order valence-corrected chi connectivity index (χ0v) is 18.4. The number of benzene rings is 2. The van der Waals surface area contributed by atoms with Gasteiger partial charge < -0.3 is 18.6 Å². The van der Waals surface area contributed by atoms with Gasteiger partial charge in [0.25, 0.3) is 5.56 Å². The van der Waals surface area contributed by atoms with E-state index in [1.54, 1.807) is 17.7 Å². The number of pyridine rings is 1. The van der Waals surface area contributed by atoms with Gasteiger partial charge in [-0.3, -0.25) is 4.79 Å². The summed E-state index contributed by atoms with van der Waals surface area (Å²) in [5.74, 6) is 0.813. The van der Waals surface area contributed by atoms with Crippen molar-refractivity contribution in [2.45, 2.75) is 18.9 Å². The highest BCUT2D eigenvalue weighted by molar-refractivity contribution is 5.82. The Hall–Kier alpha value is -3.38. The Morgan fingerprint density at radius 2 is 1.84 bits per heavy atom. The Morgan fingerprint density at radius 3 is 2.59 bits per heavy atom. The van der Waals surface area contributed by atoms with Gasteiger partial charge in [0.2, 0.25) is 0 Å². The van der Waals surface area contributed by atoms with Crippen LogP contribution in [0.15, 0.2) is 71.9 Å². The number of ether oxygens (including phenoxy) is 2. The van der Waals surface area contributed by atoms with Crippen LogP contribution in [-0.4, -0.2) is 34.4 Å². The maximum Gasteiger partial charge on any atom is 0.292 e. The molecule has 0 bridgehead atoms. The fraction of sp³-hybridized carbons (Fsp3) is 0.308. The largest absolute Gasteiger partial charge is 0.491 e. The lowest BCUT2D eigenvalue weighted by Crippen LogP contribution is -2.26. The lowest BCUT2D eigenvalue weighted by Gasteiger charge is -2.32. The van der Waals surface area contributed by atoms with Crippen molar-refractivity contribution in [3.8, 4) is 16.9 Å². The van der Waals surface area contributed by atoms with Crippen LogP contribution in [0.4, 0.5) is 0 Å². The van der Waals surface area contributed by atoms with Crippen LogP contribution in [0.2, 0.25) is 0 Å². The van der Waals surface area contributed by atoms with E-state index in [-0.39, 0.29) is 11.6 Å². The molecule has 32 heavy (non-hydrogen) atoms. The Labute approximate surface area is 187 Å². The molecule has 3 heterocycles. The van der Waals surface area contributed by atoms with Crippen LogP contribution < -0.4 is 10.3 Å². The van der Waals surface area contributed by atoms with E-state index in [0.29, 0.717) is 11.7 Å². The highest BCUT2D eigenvalue weighted by atomic mass is 16.5. The van der Waals surface area contributed by atoms with E-state index < -0.39 is 0 Å². The standard InChI is InChI=1S/C26H27N3O3/c1-28-16-21(15-24(31-2)26(28)30)20-8-9-22-23(14-20)29(17-27-22)25(18-6-4-3-5-7-18)19-10-12-32-13-11-19/h3-9,14-17,19,25H,10-13H2,1-2H3/t25-/m0/s1. The number of hydrogen-bond acceptors (Lipinski definition) is 4. The quantitative estimate of drug-likeness (QED) is 0.471.